The van der Waals surface area contributed by atoms with Crippen LogP contribution in [-0.4, -0.2) is 17.8 Å². The second-order valence-electron chi connectivity index (χ2n) is 2.79. The predicted octanol–water partition coefficient (Wildman–Crippen LogP) is 4.04. The van der Waals surface area contributed by atoms with Gasteiger partial charge >= 0.3 is 0 Å². The van der Waals surface area contributed by atoms with E-state index in [2.05, 4.69) is 15.9 Å². The highest BCUT2D eigenvalue weighted by Gasteiger charge is 2.07. The Balaban J connectivity index is 2.76. The summed E-state index contributed by atoms with van der Waals surface area (Å²) in [5.74, 6) is 1.00. The van der Waals surface area contributed by atoms with Crippen LogP contribution < -0.4 is 0 Å². The van der Waals surface area contributed by atoms with Gasteiger partial charge in [-0.2, -0.15) is 11.8 Å². The maximum Gasteiger partial charge on any atom is 0.163 e. The summed E-state index contributed by atoms with van der Waals surface area (Å²) in [4.78, 5) is 11.6. The van der Waals surface area contributed by atoms with E-state index in [1.54, 1.807) is 30.0 Å². The number of Topliss-reactive ketones (excluding diaryl/α,β-unsaturated/α-hetero) is 1. The van der Waals surface area contributed by atoms with Crippen molar-refractivity contribution in [1.29, 1.82) is 0 Å². The Bertz CT molecular complexity index is 341. The van der Waals surface area contributed by atoms with Gasteiger partial charge in [0.1, 0.15) is 0 Å². The molecule has 0 heterocycles. The number of carbonyl (C=O) groups is 1. The fourth-order valence-corrected chi connectivity index (χ4v) is 1.83. The number of hydrogen-bond donors (Lipinski definition) is 0. The number of thioether (sulfide) groups is 1. The Kier molecular flexibility index (Phi) is 4.99. The van der Waals surface area contributed by atoms with Crippen molar-refractivity contribution in [3.8, 4) is 0 Å². The number of ketones is 1. The highest BCUT2D eigenvalue weighted by molar-refractivity contribution is 9.10. The zero-order chi connectivity index (χ0) is 10.6. The number of hydrogen-bond acceptors (Lipinski definition) is 2. The molecule has 0 atom stereocenters. The van der Waals surface area contributed by atoms with Crippen molar-refractivity contribution in [2.75, 3.05) is 12.0 Å². The van der Waals surface area contributed by atoms with Gasteiger partial charge in [0.2, 0.25) is 0 Å². The van der Waals surface area contributed by atoms with Gasteiger partial charge in [-0.05, 0) is 34.3 Å². The topological polar surface area (TPSA) is 17.1 Å². The molecule has 1 rings (SSSR count). The van der Waals surface area contributed by atoms with Crippen LogP contribution >= 0.6 is 39.3 Å². The van der Waals surface area contributed by atoms with E-state index in [4.69, 9.17) is 11.6 Å². The molecule has 0 bridgehead atoms. The molecule has 0 unspecified atom stereocenters. The van der Waals surface area contributed by atoms with E-state index in [0.29, 0.717) is 17.0 Å². The standard InChI is InChI=1S/C10H10BrClOS/c1-14-5-4-10(13)7-2-3-8(11)9(12)6-7/h2-3,6H,4-5H2,1H3. The Labute approximate surface area is 101 Å². The molecule has 0 spiro atoms. The molecule has 4 heteroatoms. The van der Waals surface area contributed by atoms with Crippen LogP contribution in [0.15, 0.2) is 22.7 Å². The van der Waals surface area contributed by atoms with Crippen molar-refractivity contribution in [1.82, 2.24) is 0 Å². The van der Waals surface area contributed by atoms with Gasteiger partial charge < -0.3 is 0 Å². The number of halogens is 2. The molecule has 0 saturated heterocycles. The third-order valence-electron chi connectivity index (χ3n) is 1.77. The largest absolute Gasteiger partial charge is 0.294 e. The van der Waals surface area contributed by atoms with E-state index < -0.39 is 0 Å². The third kappa shape index (κ3) is 3.30. The summed E-state index contributed by atoms with van der Waals surface area (Å²) < 4.78 is 0.820. The Morgan fingerprint density at radius 1 is 1.57 bits per heavy atom. The average molecular weight is 294 g/mol. The molecular formula is C10H10BrClOS. The molecule has 1 nitrogen and oxygen atoms in total. The maximum absolute atomic E-state index is 11.6. The third-order valence-corrected chi connectivity index (χ3v) is 3.62. The van der Waals surface area contributed by atoms with Crippen LogP contribution in [0.1, 0.15) is 16.8 Å². The lowest BCUT2D eigenvalue weighted by Crippen LogP contribution is -2.00. The molecule has 0 amide bonds. The summed E-state index contributed by atoms with van der Waals surface area (Å²) in [6, 6.07) is 5.29. The smallest absolute Gasteiger partial charge is 0.163 e. The van der Waals surface area contributed by atoms with E-state index in [-0.39, 0.29) is 5.78 Å². The molecule has 0 aliphatic rings. The van der Waals surface area contributed by atoms with Gasteiger partial charge in [0.05, 0.1) is 5.02 Å². The molecule has 0 saturated carbocycles. The lowest BCUT2D eigenvalue weighted by atomic mass is 10.1. The van der Waals surface area contributed by atoms with Gasteiger partial charge in [0.25, 0.3) is 0 Å². The van der Waals surface area contributed by atoms with Crippen molar-refractivity contribution >= 4 is 45.1 Å². The zero-order valence-electron chi connectivity index (χ0n) is 7.72. The molecule has 0 aromatic heterocycles. The Hall–Kier alpha value is 0.01000. The second kappa shape index (κ2) is 5.79. The number of carbonyl (C=O) groups excluding carboxylic acids is 1. The Morgan fingerprint density at radius 3 is 2.86 bits per heavy atom. The van der Waals surface area contributed by atoms with E-state index in [1.807, 2.05) is 6.26 Å². The first-order valence-corrected chi connectivity index (χ1v) is 6.69. The molecule has 0 aliphatic heterocycles. The lowest BCUT2D eigenvalue weighted by Gasteiger charge is -2.01. The quantitative estimate of drug-likeness (QED) is 0.779. The first-order valence-electron chi connectivity index (χ1n) is 4.12. The minimum Gasteiger partial charge on any atom is -0.294 e. The van der Waals surface area contributed by atoms with Crippen molar-refractivity contribution in [3.63, 3.8) is 0 Å². The first kappa shape index (κ1) is 12.1. The molecule has 0 radical (unpaired) electrons. The van der Waals surface area contributed by atoms with Gasteiger partial charge in [0, 0.05) is 22.2 Å². The second-order valence-corrected chi connectivity index (χ2v) is 5.04. The van der Waals surface area contributed by atoms with Crippen molar-refractivity contribution in [3.05, 3.63) is 33.3 Å². The van der Waals surface area contributed by atoms with E-state index in [1.165, 1.54) is 0 Å². The highest BCUT2D eigenvalue weighted by atomic mass is 79.9. The number of rotatable bonds is 4. The summed E-state index contributed by atoms with van der Waals surface area (Å²) in [6.45, 7) is 0. The van der Waals surface area contributed by atoms with Gasteiger partial charge in [-0.25, -0.2) is 0 Å². The van der Waals surface area contributed by atoms with Gasteiger partial charge in [0.15, 0.2) is 5.78 Å². The van der Waals surface area contributed by atoms with Crippen LogP contribution in [0.5, 0.6) is 0 Å². The fraction of sp³-hybridized carbons (Fsp3) is 0.300. The van der Waals surface area contributed by atoms with Gasteiger partial charge in [-0.1, -0.05) is 17.7 Å². The van der Waals surface area contributed by atoms with Gasteiger partial charge in [-0.15, -0.1) is 0 Å². The average Bonchev–Trinajstić information content (AvgIpc) is 2.18. The molecule has 14 heavy (non-hydrogen) atoms. The van der Waals surface area contributed by atoms with Crippen LogP contribution in [0, 0.1) is 0 Å². The highest BCUT2D eigenvalue weighted by Crippen LogP contribution is 2.23. The van der Waals surface area contributed by atoms with Crippen LogP contribution in [0.25, 0.3) is 0 Å². The van der Waals surface area contributed by atoms with Crippen molar-refractivity contribution in [2.24, 2.45) is 0 Å². The summed E-state index contributed by atoms with van der Waals surface area (Å²) in [6.07, 6.45) is 2.56. The molecule has 76 valence electrons. The van der Waals surface area contributed by atoms with Crippen LogP contribution in [0.4, 0.5) is 0 Å². The molecule has 0 N–H and O–H groups in total. The summed E-state index contributed by atoms with van der Waals surface area (Å²) in [7, 11) is 0. The molecule has 0 aliphatic carbocycles. The SMILES string of the molecule is CSCCC(=O)c1ccc(Br)c(Cl)c1. The van der Waals surface area contributed by atoms with Crippen molar-refractivity contribution < 1.29 is 4.79 Å². The minimum absolute atomic E-state index is 0.147. The fourth-order valence-electron chi connectivity index (χ4n) is 1.01. The first-order chi connectivity index (χ1) is 6.65. The minimum atomic E-state index is 0.147. The monoisotopic (exact) mass is 292 g/mol. The Morgan fingerprint density at radius 2 is 2.29 bits per heavy atom. The van der Waals surface area contributed by atoms with E-state index in [9.17, 15) is 4.79 Å². The zero-order valence-corrected chi connectivity index (χ0v) is 10.9. The van der Waals surface area contributed by atoms with Crippen LogP contribution in [0.2, 0.25) is 5.02 Å². The van der Waals surface area contributed by atoms with Crippen molar-refractivity contribution in [2.45, 2.75) is 6.42 Å². The molecule has 1 aromatic carbocycles. The summed E-state index contributed by atoms with van der Waals surface area (Å²) >= 11 is 10.8. The van der Waals surface area contributed by atoms with E-state index >= 15 is 0 Å². The lowest BCUT2D eigenvalue weighted by molar-refractivity contribution is 0.0989. The van der Waals surface area contributed by atoms with E-state index in [0.717, 1.165) is 10.2 Å². The molecule has 1 aromatic rings. The summed E-state index contributed by atoms with van der Waals surface area (Å²) in [5, 5.41) is 0.583. The normalized spacial score (nSPS) is 10.2. The predicted molar refractivity (Wildman–Crippen MR) is 66.5 cm³/mol. The molecular weight excluding hydrogens is 284 g/mol. The summed E-state index contributed by atoms with van der Waals surface area (Å²) in [5.41, 5.74) is 0.687. The molecule has 0 fully saturated rings. The van der Waals surface area contributed by atoms with Gasteiger partial charge in [-0.3, -0.25) is 4.79 Å². The maximum atomic E-state index is 11.6. The number of benzene rings is 1. The van der Waals surface area contributed by atoms with Crippen LogP contribution in [-0.2, 0) is 0 Å². The van der Waals surface area contributed by atoms with Crippen LogP contribution in [0.3, 0.4) is 0 Å².